The number of hydrogen-bond donors (Lipinski definition) is 2. The number of nitrogens with one attached hydrogen (secondary N) is 1. The Morgan fingerprint density at radius 2 is 1.76 bits per heavy atom. The number of carboxylic acids is 1. The summed E-state index contributed by atoms with van der Waals surface area (Å²) in [5, 5.41) is 11.5. The van der Waals surface area contributed by atoms with Crippen LogP contribution in [0.4, 0.5) is 10.5 Å². The van der Waals surface area contributed by atoms with Gasteiger partial charge in [0.25, 0.3) is 0 Å². The summed E-state index contributed by atoms with van der Waals surface area (Å²) in [6.45, 7) is 3.25. The zero-order valence-electron chi connectivity index (χ0n) is 12.2. The van der Waals surface area contributed by atoms with Crippen LogP contribution in [-0.4, -0.2) is 60.1 Å². The lowest BCUT2D eigenvalue weighted by molar-refractivity contribution is -0.136. The first-order valence-electron chi connectivity index (χ1n) is 7.10. The molecule has 114 valence electrons. The predicted octanol–water partition coefficient (Wildman–Crippen LogP) is 1.48. The fourth-order valence-electron chi connectivity index (χ4n) is 2.22. The molecule has 1 aromatic carbocycles. The highest BCUT2D eigenvalue weighted by Gasteiger charge is 2.18. The van der Waals surface area contributed by atoms with Crippen molar-refractivity contribution in [1.82, 2.24) is 9.80 Å². The van der Waals surface area contributed by atoms with Crippen molar-refractivity contribution in [3.05, 3.63) is 29.8 Å². The SMILES string of the molecule is CN1CCN(C(=O)Nc2ccc(CCC(=O)O)cc2)CC1. The minimum Gasteiger partial charge on any atom is -0.481 e. The Kier molecular flexibility index (Phi) is 5.16. The lowest BCUT2D eigenvalue weighted by Crippen LogP contribution is -2.48. The molecule has 0 saturated carbocycles. The number of rotatable bonds is 4. The van der Waals surface area contributed by atoms with Crippen LogP contribution in [0.15, 0.2) is 24.3 Å². The van der Waals surface area contributed by atoms with E-state index in [4.69, 9.17) is 5.11 Å². The molecule has 1 aliphatic heterocycles. The van der Waals surface area contributed by atoms with Gasteiger partial charge >= 0.3 is 12.0 Å². The number of urea groups is 1. The van der Waals surface area contributed by atoms with Crippen LogP contribution in [0.25, 0.3) is 0 Å². The van der Waals surface area contributed by atoms with Crippen molar-refractivity contribution in [3.63, 3.8) is 0 Å². The molecule has 1 heterocycles. The van der Waals surface area contributed by atoms with Crippen LogP contribution < -0.4 is 5.32 Å². The number of aryl methyl sites for hydroxylation is 1. The van der Waals surface area contributed by atoms with Crippen LogP contribution in [0.1, 0.15) is 12.0 Å². The normalized spacial score (nSPS) is 15.8. The molecule has 0 bridgehead atoms. The molecule has 0 aliphatic carbocycles. The summed E-state index contributed by atoms with van der Waals surface area (Å²) in [6, 6.07) is 7.24. The molecule has 0 radical (unpaired) electrons. The van der Waals surface area contributed by atoms with E-state index in [-0.39, 0.29) is 12.5 Å². The Morgan fingerprint density at radius 3 is 2.33 bits per heavy atom. The van der Waals surface area contributed by atoms with Crippen molar-refractivity contribution in [2.75, 3.05) is 38.5 Å². The summed E-state index contributed by atoms with van der Waals surface area (Å²) < 4.78 is 0. The van der Waals surface area contributed by atoms with E-state index in [0.29, 0.717) is 6.42 Å². The lowest BCUT2D eigenvalue weighted by Gasteiger charge is -2.32. The molecule has 2 rings (SSSR count). The van der Waals surface area contributed by atoms with E-state index >= 15 is 0 Å². The number of piperazine rings is 1. The third-order valence-corrected chi connectivity index (χ3v) is 3.62. The summed E-state index contributed by atoms with van der Waals surface area (Å²) in [4.78, 5) is 26.6. The van der Waals surface area contributed by atoms with Crippen molar-refractivity contribution in [1.29, 1.82) is 0 Å². The van der Waals surface area contributed by atoms with Crippen LogP contribution in [0.3, 0.4) is 0 Å². The third kappa shape index (κ3) is 4.75. The van der Waals surface area contributed by atoms with Gasteiger partial charge < -0.3 is 20.2 Å². The van der Waals surface area contributed by atoms with Gasteiger partial charge in [-0.25, -0.2) is 4.79 Å². The van der Waals surface area contributed by atoms with Crippen LogP contribution in [0.2, 0.25) is 0 Å². The number of aliphatic carboxylic acids is 1. The van der Waals surface area contributed by atoms with Gasteiger partial charge in [-0.2, -0.15) is 0 Å². The smallest absolute Gasteiger partial charge is 0.321 e. The van der Waals surface area contributed by atoms with Crippen molar-refractivity contribution in [3.8, 4) is 0 Å². The van der Waals surface area contributed by atoms with Gasteiger partial charge in [-0.3, -0.25) is 4.79 Å². The van der Waals surface area contributed by atoms with E-state index in [2.05, 4.69) is 10.2 Å². The molecule has 6 heteroatoms. The number of hydrogen-bond acceptors (Lipinski definition) is 3. The monoisotopic (exact) mass is 291 g/mol. The summed E-state index contributed by atoms with van der Waals surface area (Å²) in [5.74, 6) is -0.803. The van der Waals surface area contributed by atoms with Gasteiger partial charge in [-0.05, 0) is 31.2 Å². The van der Waals surface area contributed by atoms with Gasteiger partial charge in [0.05, 0.1) is 0 Å². The van der Waals surface area contributed by atoms with Gasteiger partial charge in [-0.1, -0.05) is 12.1 Å². The number of anilines is 1. The Balaban J connectivity index is 1.85. The largest absolute Gasteiger partial charge is 0.481 e. The quantitative estimate of drug-likeness (QED) is 0.881. The minimum atomic E-state index is -0.803. The van der Waals surface area contributed by atoms with E-state index in [1.165, 1.54) is 0 Å². The summed E-state index contributed by atoms with van der Waals surface area (Å²) in [5.41, 5.74) is 1.69. The second-order valence-electron chi connectivity index (χ2n) is 5.31. The summed E-state index contributed by atoms with van der Waals surface area (Å²) >= 11 is 0. The first-order valence-corrected chi connectivity index (χ1v) is 7.10. The average molecular weight is 291 g/mol. The molecule has 0 atom stereocenters. The highest BCUT2D eigenvalue weighted by atomic mass is 16.4. The number of nitrogens with zero attached hydrogens (tertiary/aromatic N) is 2. The highest BCUT2D eigenvalue weighted by molar-refractivity contribution is 5.89. The number of carboxylic acid groups (broad SMARTS) is 1. The average Bonchev–Trinajstić information content (AvgIpc) is 2.47. The molecular formula is C15H21N3O3. The first-order chi connectivity index (χ1) is 10.0. The molecule has 1 fully saturated rings. The Morgan fingerprint density at radius 1 is 1.14 bits per heavy atom. The number of likely N-dealkylation sites (N-methyl/N-ethyl adjacent to an activating group) is 1. The van der Waals surface area contributed by atoms with E-state index < -0.39 is 5.97 Å². The van der Waals surface area contributed by atoms with Gasteiger partial charge in [-0.15, -0.1) is 0 Å². The standard InChI is InChI=1S/C15H21N3O3/c1-17-8-10-18(11-9-17)15(21)16-13-5-2-12(3-6-13)4-7-14(19)20/h2-3,5-6H,4,7-11H2,1H3,(H,16,21)(H,19,20). The summed E-state index contributed by atoms with van der Waals surface area (Å²) in [7, 11) is 2.05. The second kappa shape index (κ2) is 7.08. The fraction of sp³-hybridized carbons (Fsp3) is 0.467. The Labute approximate surface area is 124 Å². The van der Waals surface area contributed by atoms with E-state index in [1.54, 1.807) is 4.90 Å². The molecule has 0 unspecified atom stereocenters. The molecule has 2 amide bonds. The van der Waals surface area contributed by atoms with Crippen LogP contribution >= 0.6 is 0 Å². The maximum absolute atomic E-state index is 12.1. The zero-order valence-corrected chi connectivity index (χ0v) is 12.2. The molecule has 0 aromatic heterocycles. The zero-order chi connectivity index (χ0) is 15.2. The third-order valence-electron chi connectivity index (χ3n) is 3.62. The van der Waals surface area contributed by atoms with Crippen molar-refractivity contribution < 1.29 is 14.7 Å². The van der Waals surface area contributed by atoms with Crippen LogP contribution in [0.5, 0.6) is 0 Å². The van der Waals surface area contributed by atoms with E-state index in [9.17, 15) is 9.59 Å². The maximum Gasteiger partial charge on any atom is 0.321 e. The molecular weight excluding hydrogens is 270 g/mol. The van der Waals surface area contributed by atoms with Gasteiger partial charge in [0.2, 0.25) is 0 Å². The Bertz CT molecular complexity index is 493. The summed E-state index contributed by atoms with van der Waals surface area (Å²) in [6.07, 6.45) is 0.620. The number of benzene rings is 1. The van der Waals surface area contributed by atoms with E-state index in [0.717, 1.165) is 37.4 Å². The molecule has 1 saturated heterocycles. The molecule has 1 aliphatic rings. The Hall–Kier alpha value is -2.08. The predicted molar refractivity (Wildman–Crippen MR) is 80.5 cm³/mol. The number of carbonyl (C=O) groups excluding carboxylic acids is 1. The number of amides is 2. The second-order valence-corrected chi connectivity index (χ2v) is 5.31. The number of carbonyl (C=O) groups is 2. The van der Waals surface area contributed by atoms with Crippen molar-refractivity contribution in [2.45, 2.75) is 12.8 Å². The molecule has 2 N–H and O–H groups in total. The molecule has 6 nitrogen and oxygen atoms in total. The minimum absolute atomic E-state index is 0.0821. The van der Waals surface area contributed by atoms with Gasteiger partial charge in [0.1, 0.15) is 0 Å². The maximum atomic E-state index is 12.1. The van der Waals surface area contributed by atoms with Crippen molar-refractivity contribution >= 4 is 17.7 Å². The molecule has 1 aromatic rings. The first kappa shape index (κ1) is 15.3. The van der Waals surface area contributed by atoms with E-state index in [1.807, 2.05) is 31.3 Å². The van der Waals surface area contributed by atoms with Crippen LogP contribution in [-0.2, 0) is 11.2 Å². The molecule has 0 spiro atoms. The highest BCUT2D eigenvalue weighted by Crippen LogP contribution is 2.12. The topological polar surface area (TPSA) is 72.9 Å². The molecule has 21 heavy (non-hydrogen) atoms. The fourth-order valence-corrected chi connectivity index (χ4v) is 2.22. The van der Waals surface area contributed by atoms with Crippen molar-refractivity contribution in [2.24, 2.45) is 0 Å². The van der Waals surface area contributed by atoms with Crippen LogP contribution in [0, 0.1) is 0 Å². The lowest BCUT2D eigenvalue weighted by atomic mass is 10.1. The van der Waals surface area contributed by atoms with Gasteiger partial charge in [0, 0.05) is 38.3 Å². The van der Waals surface area contributed by atoms with Gasteiger partial charge in [0.15, 0.2) is 0 Å².